The van der Waals surface area contributed by atoms with Gasteiger partial charge in [0.05, 0.1) is 23.4 Å². The lowest BCUT2D eigenvalue weighted by atomic mass is 9.58. The number of nitriles is 3. The fraction of sp³-hybridized carbons (Fsp3) is 0.409. The fourth-order valence-corrected chi connectivity index (χ4v) is 4.39. The molecule has 0 aromatic heterocycles. The summed E-state index contributed by atoms with van der Waals surface area (Å²) in [5.74, 6) is -0.283. The van der Waals surface area contributed by atoms with Gasteiger partial charge < -0.3 is 5.73 Å². The highest BCUT2D eigenvalue weighted by Crippen LogP contribution is 2.50. The zero-order chi connectivity index (χ0) is 19.4. The third kappa shape index (κ3) is 3.10. The third-order valence-corrected chi connectivity index (χ3v) is 5.95. The Hall–Kier alpha value is -3.07. The molecule has 1 aromatic rings. The molecule has 2 N–H and O–H groups in total. The molecule has 2 atom stereocenters. The van der Waals surface area contributed by atoms with Crippen LogP contribution in [0, 0.1) is 51.2 Å². The van der Waals surface area contributed by atoms with Crippen molar-refractivity contribution in [1.29, 1.82) is 15.8 Å². The predicted molar refractivity (Wildman–Crippen MR) is 102 cm³/mol. The zero-order valence-corrected chi connectivity index (χ0v) is 15.5. The summed E-state index contributed by atoms with van der Waals surface area (Å²) in [6, 6.07) is 16.6. The van der Waals surface area contributed by atoms with Crippen molar-refractivity contribution in [2.45, 2.75) is 19.8 Å². The van der Waals surface area contributed by atoms with Gasteiger partial charge in [-0.05, 0) is 30.5 Å². The van der Waals surface area contributed by atoms with Crippen molar-refractivity contribution in [2.24, 2.45) is 23.0 Å². The second kappa shape index (κ2) is 7.67. The van der Waals surface area contributed by atoms with E-state index in [1.165, 1.54) is 5.56 Å². The average Bonchev–Trinajstić information content (AvgIpc) is 2.72. The quantitative estimate of drug-likeness (QED) is 0.893. The Morgan fingerprint density at radius 1 is 1.19 bits per heavy atom. The van der Waals surface area contributed by atoms with E-state index in [1.54, 1.807) is 0 Å². The van der Waals surface area contributed by atoms with Crippen LogP contribution in [-0.2, 0) is 6.42 Å². The molecule has 0 spiro atoms. The molecule has 0 saturated carbocycles. The summed E-state index contributed by atoms with van der Waals surface area (Å²) in [6.07, 6.45) is 3.49. The van der Waals surface area contributed by atoms with Crippen molar-refractivity contribution in [3.8, 4) is 18.2 Å². The van der Waals surface area contributed by atoms with Crippen molar-refractivity contribution < 1.29 is 0 Å². The molecule has 0 unspecified atom stereocenters. The van der Waals surface area contributed by atoms with E-state index in [1.807, 2.05) is 18.2 Å². The van der Waals surface area contributed by atoms with Crippen LogP contribution < -0.4 is 5.73 Å². The number of likely N-dealkylation sites (N-methyl/N-ethyl adjacent to an activating group) is 1. The second-order valence-corrected chi connectivity index (χ2v) is 7.18. The minimum absolute atomic E-state index is 0.0383. The molecule has 0 fully saturated rings. The molecular weight excluding hydrogens is 334 g/mol. The van der Waals surface area contributed by atoms with E-state index < -0.39 is 5.41 Å². The van der Waals surface area contributed by atoms with Crippen LogP contribution >= 0.6 is 0 Å². The van der Waals surface area contributed by atoms with Gasteiger partial charge in [0, 0.05) is 24.9 Å². The van der Waals surface area contributed by atoms with Crippen molar-refractivity contribution in [2.75, 3.05) is 19.6 Å². The SMILES string of the molecule is CCN1CC=C2C(C#N)=C(N)C(C#N)(C#N)[C@H](CCc3ccccc3)[C@@H]2C1. The van der Waals surface area contributed by atoms with Crippen LogP contribution in [0.2, 0.25) is 0 Å². The minimum atomic E-state index is -1.46. The number of allylic oxidation sites excluding steroid dienone is 2. The van der Waals surface area contributed by atoms with Gasteiger partial charge >= 0.3 is 0 Å². The van der Waals surface area contributed by atoms with Crippen LogP contribution in [0.1, 0.15) is 18.9 Å². The first-order valence-corrected chi connectivity index (χ1v) is 9.30. The topological polar surface area (TPSA) is 101 Å². The van der Waals surface area contributed by atoms with Gasteiger partial charge in [-0.2, -0.15) is 15.8 Å². The van der Waals surface area contributed by atoms with Gasteiger partial charge in [-0.15, -0.1) is 0 Å². The summed E-state index contributed by atoms with van der Waals surface area (Å²) in [5.41, 5.74) is 7.36. The maximum absolute atomic E-state index is 9.98. The van der Waals surface area contributed by atoms with E-state index in [-0.39, 0.29) is 17.5 Å². The second-order valence-electron chi connectivity index (χ2n) is 7.18. The molecule has 1 heterocycles. The number of aryl methyl sites for hydroxylation is 1. The van der Waals surface area contributed by atoms with Gasteiger partial charge in [0.2, 0.25) is 0 Å². The van der Waals surface area contributed by atoms with Crippen molar-refractivity contribution >= 4 is 0 Å². The van der Waals surface area contributed by atoms with Gasteiger partial charge in [-0.3, -0.25) is 4.90 Å². The Bertz CT molecular complexity index is 877. The normalized spacial score (nSPS) is 24.1. The summed E-state index contributed by atoms with van der Waals surface area (Å²) in [5, 5.41) is 29.6. The number of fused-ring (bicyclic) bond motifs is 1. The molecule has 0 amide bonds. The standard InChI is InChI=1S/C22H23N5/c1-2-27-11-10-17-18(12-23)21(26)22(14-24,15-25)20(19(17)13-27)9-8-16-6-4-3-5-7-16/h3-7,10,19-20H,2,8-9,11,13,26H2,1H3/t19-,20-/m1/s1. The van der Waals surface area contributed by atoms with Crippen LogP contribution in [0.25, 0.3) is 0 Å². The Kier molecular flexibility index (Phi) is 5.31. The molecule has 2 aliphatic rings. The highest BCUT2D eigenvalue weighted by molar-refractivity contribution is 5.56. The lowest BCUT2D eigenvalue weighted by Crippen LogP contribution is -2.49. The molecule has 1 aliphatic carbocycles. The molecule has 0 saturated heterocycles. The van der Waals surface area contributed by atoms with E-state index in [0.717, 1.165) is 31.6 Å². The lowest BCUT2D eigenvalue weighted by Gasteiger charge is -2.45. The highest BCUT2D eigenvalue weighted by atomic mass is 15.1. The Labute approximate surface area is 160 Å². The molecule has 3 rings (SSSR count). The fourth-order valence-electron chi connectivity index (χ4n) is 4.39. The molecule has 27 heavy (non-hydrogen) atoms. The van der Waals surface area contributed by atoms with Crippen LogP contribution in [0.3, 0.4) is 0 Å². The van der Waals surface area contributed by atoms with Crippen LogP contribution in [0.15, 0.2) is 53.3 Å². The molecule has 136 valence electrons. The first kappa shape index (κ1) is 18.7. The van der Waals surface area contributed by atoms with Crippen molar-refractivity contribution in [3.63, 3.8) is 0 Å². The third-order valence-electron chi connectivity index (χ3n) is 5.95. The van der Waals surface area contributed by atoms with Gasteiger partial charge in [-0.1, -0.05) is 43.3 Å². The Morgan fingerprint density at radius 2 is 1.89 bits per heavy atom. The number of hydrogen-bond donors (Lipinski definition) is 1. The maximum Gasteiger partial charge on any atom is 0.187 e. The summed E-state index contributed by atoms with van der Waals surface area (Å²) in [4.78, 5) is 2.28. The summed E-state index contributed by atoms with van der Waals surface area (Å²) >= 11 is 0. The zero-order valence-electron chi connectivity index (χ0n) is 15.5. The van der Waals surface area contributed by atoms with E-state index in [4.69, 9.17) is 5.73 Å². The maximum atomic E-state index is 9.98. The highest BCUT2D eigenvalue weighted by Gasteiger charge is 2.53. The average molecular weight is 357 g/mol. The Morgan fingerprint density at radius 3 is 2.48 bits per heavy atom. The summed E-state index contributed by atoms with van der Waals surface area (Å²) in [6.45, 7) is 4.49. The molecule has 1 aliphatic heterocycles. The van der Waals surface area contributed by atoms with Crippen LogP contribution in [-0.4, -0.2) is 24.5 Å². The number of nitrogens with two attached hydrogens (primary N) is 1. The predicted octanol–water partition coefficient (Wildman–Crippen LogP) is 2.90. The molecule has 0 radical (unpaired) electrons. The number of benzene rings is 1. The van der Waals surface area contributed by atoms with E-state index >= 15 is 0 Å². The van der Waals surface area contributed by atoms with E-state index in [0.29, 0.717) is 12.0 Å². The van der Waals surface area contributed by atoms with E-state index in [9.17, 15) is 15.8 Å². The first-order chi connectivity index (χ1) is 13.1. The van der Waals surface area contributed by atoms with Gasteiger partial charge in [0.15, 0.2) is 5.41 Å². The van der Waals surface area contributed by atoms with Crippen molar-refractivity contribution in [3.05, 3.63) is 58.8 Å². The molecule has 0 bridgehead atoms. The van der Waals surface area contributed by atoms with Gasteiger partial charge in [0.1, 0.15) is 6.07 Å². The number of rotatable bonds is 4. The molecule has 5 heteroatoms. The van der Waals surface area contributed by atoms with E-state index in [2.05, 4.69) is 48.2 Å². The summed E-state index contributed by atoms with van der Waals surface area (Å²) < 4.78 is 0. The largest absolute Gasteiger partial charge is 0.399 e. The van der Waals surface area contributed by atoms with Gasteiger partial charge in [0.25, 0.3) is 0 Å². The van der Waals surface area contributed by atoms with Crippen molar-refractivity contribution in [1.82, 2.24) is 4.90 Å². The molecule has 1 aromatic carbocycles. The number of hydrogen-bond acceptors (Lipinski definition) is 5. The van der Waals surface area contributed by atoms with Crippen LogP contribution in [0.5, 0.6) is 0 Å². The number of nitrogens with zero attached hydrogens (tertiary/aromatic N) is 4. The molecule has 5 nitrogen and oxygen atoms in total. The molecular formula is C22H23N5. The van der Waals surface area contributed by atoms with Gasteiger partial charge in [-0.25, -0.2) is 0 Å². The summed E-state index contributed by atoms with van der Waals surface area (Å²) in [7, 11) is 0. The Balaban J connectivity index is 2.07. The van der Waals surface area contributed by atoms with Crippen LogP contribution in [0.4, 0.5) is 0 Å². The monoisotopic (exact) mass is 357 g/mol. The first-order valence-electron chi connectivity index (χ1n) is 9.30. The lowest BCUT2D eigenvalue weighted by molar-refractivity contribution is 0.164. The minimum Gasteiger partial charge on any atom is -0.399 e. The smallest absolute Gasteiger partial charge is 0.187 e.